The Morgan fingerprint density at radius 2 is 1.89 bits per heavy atom. The number of amides is 1. The smallest absolute Gasteiger partial charge is 0.303 e. The molecule has 2 saturated carbocycles. The first-order valence-corrected chi connectivity index (χ1v) is 13.0. The topological polar surface area (TPSA) is 105 Å². The van der Waals surface area contributed by atoms with Crippen LogP contribution in [-0.4, -0.2) is 27.1 Å². The summed E-state index contributed by atoms with van der Waals surface area (Å²) in [5.74, 6) is 1.20. The molecular weight excluding hydrogens is 442 g/mol. The molecule has 4 rings (SSSR count). The first-order valence-electron chi connectivity index (χ1n) is 13.0. The lowest BCUT2D eigenvalue weighted by Crippen LogP contribution is -2.26. The Bertz CT molecular complexity index is 1070. The fourth-order valence-electron chi connectivity index (χ4n) is 5.55. The van der Waals surface area contributed by atoms with E-state index in [-0.39, 0.29) is 24.7 Å². The first-order chi connectivity index (χ1) is 16.5. The number of aliphatic carboxylic acids is 1. The van der Waals surface area contributed by atoms with Crippen molar-refractivity contribution in [1.82, 2.24) is 10.1 Å². The fraction of sp³-hybridized carbons (Fsp3) is 0.643. The molecule has 1 amide bonds. The van der Waals surface area contributed by atoms with Crippen LogP contribution in [0.25, 0.3) is 0 Å². The average molecular weight is 482 g/mol. The van der Waals surface area contributed by atoms with Crippen LogP contribution >= 0.6 is 0 Å². The Balaban J connectivity index is 1.51. The summed E-state index contributed by atoms with van der Waals surface area (Å²) in [4.78, 5) is 28.8. The van der Waals surface area contributed by atoms with Crippen molar-refractivity contribution in [3.8, 4) is 0 Å². The van der Waals surface area contributed by atoms with E-state index < -0.39 is 5.97 Å². The van der Waals surface area contributed by atoms with Crippen molar-refractivity contribution in [2.75, 3.05) is 5.32 Å². The molecule has 190 valence electrons. The fourth-order valence-corrected chi connectivity index (χ4v) is 5.55. The molecule has 2 heterocycles. The highest BCUT2D eigenvalue weighted by atomic mass is 16.5. The number of rotatable bonds is 10. The molecule has 0 radical (unpaired) electrons. The van der Waals surface area contributed by atoms with Gasteiger partial charge in [0.15, 0.2) is 0 Å². The zero-order valence-electron chi connectivity index (χ0n) is 21.7. The number of aromatic nitrogens is 2. The van der Waals surface area contributed by atoms with Gasteiger partial charge in [-0.25, -0.2) is 0 Å². The zero-order chi connectivity index (χ0) is 25.3. The molecule has 1 atom stereocenters. The quantitative estimate of drug-likeness (QED) is 0.403. The highest BCUT2D eigenvalue weighted by Gasteiger charge is 2.42. The summed E-state index contributed by atoms with van der Waals surface area (Å²) >= 11 is 0. The molecule has 35 heavy (non-hydrogen) atoms. The third-order valence-electron chi connectivity index (χ3n) is 7.30. The Kier molecular flexibility index (Phi) is 7.34. The molecule has 0 bridgehead atoms. The second-order valence-corrected chi connectivity index (χ2v) is 11.9. The van der Waals surface area contributed by atoms with Gasteiger partial charge in [0.2, 0.25) is 5.91 Å². The predicted octanol–water partition coefficient (Wildman–Crippen LogP) is 6.47. The Morgan fingerprint density at radius 1 is 1.17 bits per heavy atom. The van der Waals surface area contributed by atoms with Crippen LogP contribution in [0.5, 0.6) is 0 Å². The van der Waals surface area contributed by atoms with E-state index in [1.807, 2.05) is 26.0 Å². The number of anilines is 1. The van der Waals surface area contributed by atoms with Gasteiger partial charge in [-0.1, -0.05) is 25.9 Å². The summed E-state index contributed by atoms with van der Waals surface area (Å²) in [6.07, 6.45) is 6.17. The highest BCUT2D eigenvalue weighted by molar-refractivity contribution is 5.91. The Hall–Kier alpha value is -2.70. The summed E-state index contributed by atoms with van der Waals surface area (Å²) in [6.45, 7) is 10.6. The van der Waals surface area contributed by atoms with Crippen LogP contribution in [0, 0.1) is 25.2 Å². The molecule has 2 N–H and O–H groups in total. The highest BCUT2D eigenvalue weighted by Crippen LogP contribution is 2.53. The molecule has 0 unspecified atom stereocenters. The van der Waals surface area contributed by atoms with E-state index in [9.17, 15) is 14.7 Å². The number of carbonyl (C=O) groups is 2. The number of carbonyl (C=O) groups excluding carboxylic acids is 1. The number of hydrogen-bond donors (Lipinski definition) is 2. The number of aryl methyl sites for hydroxylation is 2. The maximum atomic E-state index is 13.0. The lowest BCUT2D eigenvalue weighted by Gasteiger charge is -2.38. The number of nitrogens with one attached hydrogen (secondary N) is 1. The lowest BCUT2D eigenvalue weighted by atomic mass is 9.66. The average Bonchev–Trinajstić information content (AvgIpc) is 3.47. The molecule has 0 aliphatic heterocycles. The van der Waals surface area contributed by atoms with E-state index in [1.54, 1.807) is 0 Å². The second kappa shape index (κ2) is 10.1. The van der Waals surface area contributed by atoms with Crippen molar-refractivity contribution >= 4 is 17.6 Å². The van der Waals surface area contributed by atoms with Crippen LogP contribution in [0.4, 0.5) is 5.69 Å². The van der Waals surface area contributed by atoms with Crippen LogP contribution in [0.3, 0.4) is 0 Å². The summed E-state index contributed by atoms with van der Waals surface area (Å²) in [6, 6.07) is 3.72. The minimum atomic E-state index is -0.866. The van der Waals surface area contributed by atoms with E-state index in [2.05, 4.69) is 36.2 Å². The molecule has 2 fully saturated rings. The molecular formula is C28H39N3O4. The first kappa shape index (κ1) is 25.4. The van der Waals surface area contributed by atoms with Gasteiger partial charge in [-0.05, 0) is 81.8 Å². The standard InChI is InChI=1S/C28H39N3O4/c1-16-6-10-22(17(2)29-16)30-23(32)14-20(9-11-24(33)34)26-25(19-7-8-19)27(35-31-26)21-12-18(13-21)15-28(3,4)5/h6,10,18-21H,7-9,11-15H2,1-5H3,(H,30,32)(H,33,34)/t18?,20-,21?/m0/s1. The number of carboxylic acid groups (broad SMARTS) is 1. The molecule has 2 aromatic rings. The summed E-state index contributed by atoms with van der Waals surface area (Å²) in [5, 5.41) is 16.8. The summed E-state index contributed by atoms with van der Waals surface area (Å²) in [5.41, 5.74) is 4.63. The molecule has 2 aromatic heterocycles. The lowest BCUT2D eigenvalue weighted by molar-refractivity contribution is -0.137. The molecule has 0 aromatic carbocycles. The van der Waals surface area contributed by atoms with Gasteiger partial charge in [-0.2, -0.15) is 0 Å². The van der Waals surface area contributed by atoms with E-state index in [0.717, 1.165) is 48.5 Å². The monoisotopic (exact) mass is 481 g/mol. The van der Waals surface area contributed by atoms with Crippen molar-refractivity contribution in [3.05, 3.63) is 40.5 Å². The SMILES string of the molecule is Cc1ccc(NC(=O)C[C@H](CCC(=O)O)c2noc(C3CC(CC(C)(C)C)C3)c2C2CC2)c(C)n1. The zero-order valence-corrected chi connectivity index (χ0v) is 21.7. The van der Waals surface area contributed by atoms with E-state index in [0.29, 0.717) is 35.3 Å². The maximum Gasteiger partial charge on any atom is 0.303 e. The van der Waals surface area contributed by atoms with Gasteiger partial charge in [0.1, 0.15) is 5.76 Å². The minimum absolute atomic E-state index is 0.00749. The molecule has 2 aliphatic carbocycles. The van der Waals surface area contributed by atoms with Crippen LogP contribution in [-0.2, 0) is 9.59 Å². The van der Waals surface area contributed by atoms with E-state index >= 15 is 0 Å². The van der Waals surface area contributed by atoms with Crippen molar-refractivity contribution in [1.29, 1.82) is 0 Å². The van der Waals surface area contributed by atoms with Crippen LogP contribution in [0.2, 0.25) is 0 Å². The van der Waals surface area contributed by atoms with Crippen molar-refractivity contribution < 1.29 is 19.2 Å². The van der Waals surface area contributed by atoms with Crippen LogP contribution in [0.1, 0.15) is 118 Å². The van der Waals surface area contributed by atoms with Gasteiger partial charge < -0.3 is 14.9 Å². The molecule has 0 saturated heterocycles. The predicted molar refractivity (Wildman–Crippen MR) is 135 cm³/mol. The van der Waals surface area contributed by atoms with Gasteiger partial charge in [0.05, 0.1) is 17.1 Å². The van der Waals surface area contributed by atoms with Gasteiger partial charge in [0.25, 0.3) is 0 Å². The number of nitrogens with zero attached hydrogens (tertiary/aromatic N) is 2. The van der Waals surface area contributed by atoms with Crippen molar-refractivity contribution in [2.24, 2.45) is 11.3 Å². The molecule has 2 aliphatic rings. The third-order valence-corrected chi connectivity index (χ3v) is 7.30. The molecule has 7 heteroatoms. The minimum Gasteiger partial charge on any atom is -0.481 e. The van der Waals surface area contributed by atoms with Crippen molar-refractivity contribution in [3.63, 3.8) is 0 Å². The van der Waals surface area contributed by atoms with Crippen LogP contribution < -0.4 is 5.32 Å². The summed E-state index contributed by atoms with van der Waals surface area (Å²) < 4.78 is 5.96. The largest absolute Gasteiger partial charge is 0.481 e. The number of hydrogen-bond acceptors (Lipinski definition) is 5. The van der Waals surface area contributed by atoms with Crippen LogP contribution in [0.15, 0.2) is 16.7 Å². The third kappa shape index (κ3) is 6.50. The van der Waals surface area contributed by atoms with Gasteiger partial charge >= 0.3 is 5.97 Å². The van der Waals surface area contributed by atoms with Gasteiger partial charge in [-0.3, -0.25) is 14.6 Å². The van der Waals surface area contributed by atoms with E-state index in [1.165, 1.54) is 12.0 Å². The normalized spacial score (nSPS) is 20.8. The summed E-state index contributed by atoms with van der Waals surface area (Å²) in [7, 11) is 0. The second-order valence-electron chi connectivity index (χ2n) is 11.9. The van der Waals surface area contributed by atoms with Gasteiger partial charge in [-0.15, -0.1) is 0 Å². The van der Waals surface area contributed by atoms with E-state index in [4.69, 9.17) is 4.52 Å². The van der Waals surface area contributed by atoms with Crippen molar-refractivity contribution in [2.45, 2.75) is 104 Å². The molecule has 0 spiro atoms. The molecule has 7 nitrogen and oxygen atoms in total. The Labute approximate surface area is 208 Å². The maximum absolute atomic E-state index is 13.0. The number of pyridine rings is 1. The number of carboxylic acids is 1. The van der Waals surface area contributed by atoms with Gasteiger partial charge in [0, 0.05) is 35.9 Å². The Morgan fingerprint density at radius 3 is 2.49 bits per heavy atom.